The standard InChI is InChI=1S/C22H26N6O2S2/c23-14-1-2-17-16(11-14)24-20(31-17)13-3-8-28(9-4-13)21-25-15-5-10-32(30)18(15)19(26-21)27-22(12-29)6-7-22/h1-2,11,13,29H,3-10,12,23H2,(H,25,26,27). The van der Waals surface area contributed by atoms with Crippen molar-refractivity contribution >= 4 is 50.2 Å². The first-order valence-corrected chi connectivity index (χ1v) is 13.3. The van der Waals surface area contributed by atoms with E-state index in [1.807, 2.05) is 12.1 Å². The molecule has 0 spiro atoms. The molecule has 0 bridgehead atoms. The van der Waals surface area contributed by atoms with Gasteiger partial charge in [0.25, 0.3) is 0 Å². The lowest BCUT2D eigenvalue weighted by Gasteiger charge is -2.31. The first-order chi connectivity index (χ1) is 15.5. The molecule has 10 heteroatoms. The number of thiazole rings is 1. The van der Waals surface area contributed by atoms with E-state index in [-0.39, 0.29) is 12.1 Å². The van der Waals surface area contributed by atoms with Gasteiger partial charge in [0.2, 0.25) is 10.8 Å². The van der Waals surface area contributed by atoms with E-state index in [9.17, 15) is 9.66 Å². The Balaban J connectivity index is 1.22. The number of anilines is 3. The molecule has 32 heavy (non-hydrogen) atoms. The average Bonchev–Trinajstić information content (AvgIpc) is 3.28. The summed E-state index contributed by atoms with van der Waals surface area (Å²) in [6.45, 7) is 1.78. The minimum atomic E-state index is -1.08. The van der Waals surface area contributed by atoms with Gasteiger partial charge in [-0.05, 0) is 55.1 Å². The van der Waals surface area contributed by atoms with Crippen LogP contribution in [0.25, 0.3) is 10.2 Å². The van der Waals surface area contributed by atoms with Crippen molar-refractivity contribution in [2.45, 2.75) is 48.5 Å². The van der Waals surface area contributed by atoms with Crippen LogP contribution >= 0.6 is 11.3 Å². The second kappa shape index (κ2) is 7.72. The van der Waals surface area contributed by atoms with Gasteiger partial charge in [-0.15, -0.1) is 11.3 Å². The van der Waals surface area contributed by atoms with Gasteiger partial charge in [0.15, 0.2) is 5.82 Å². The third-order valence-corrected chi connectivity index (χ3v) is 9.43. The van der Waals surface area contributed by atoms with E-state index in [4.69, 9.17) is 20.7 Å². The summed E-state index contributed by atoms with van der Waals surface area (Å²) in [5.41, 5.74) is 8.22. The Hall–Kier alpha value is -2.14. The minimum absolute atomic E-state index is 0.0625. The second-order valence-corrected chi connectivity index (χ2v) is 11.6. The number of hydrogen-bond acceptors (Lipinski definition) is 9. The summed E-state index contributed by atoms with van der Waals surface area (Å²) >= 11 is 0.685. The highest BCUT2D eigenvalue weighted by Gasteiger charge is 2.45. The van der Waals surface area contributed by atoms with Gasteiger partial charge in [-0.3, -0.25) is 0 Å². The van der Waals surface area contributed by atoms with E-state index in [0.29, 0.717) is 29.9 Å². The van der Waals surface area contributed by atoms with Gasteiger partial charge < -0.3 is 25.6 Å². The number of aryl methyl sites for hydroxylation is 1. The number of rotatable bonds is 5. The monoisotopic (exact) mass is 470 g/mol. The highest BCUT2D eigenvalue weighted by Crippen LogP contribution is 2.42. The Bertz CT molecular complexity index is 1170. The zero-order valence-corrected chi connectivity index (χ0v) is 19.3. The molecular formula is C22H26N6O2S2. The number of nitrogens with one attached hydrogen (secondary N) is 1. The van der Waals surface area contributed by atoms with Gasteiger partial charge in [-0.25, -0.2) is 9.97 Å². The number of fused-ring (bicyclic) bond motifs is 2. The number of hydrogen-bond donors (Lipinski definition) is 3. The summed E-state index contributed by atoms with van der Waals surface area (Å²) in [7, 11) is 0. The highest BCUT2D eigenvalue weighted by molar-refractivity contribution is 7.91. The number of benzene rings is 1. The van der Waals surface area contributed by atoms with Crippen LogP contribution in [0.1, 0.15) is 42.3 Å². The number of aliphatic hydroxyl groups excluding tert-OH is 1. The fraction of sp³-hybridized carbons (Fsp3) is 0.500. The fourth-order valence-corrected chi connectivity index (χ4v) is 7.02. The number of nitrogens with zero attached hydrogens (tertiary/aromatic N) is 4. The molecule has 2 fully saturated rings. The van der Waals surface area contributed by atoms with Gasteiger partial charge in [0.1, 0.15) is 11.4 Å². The Kier molecular flexibility index (Phi) is 4.94. The first kappa shape index (κ1) is 20.5. The van der Waals surface area contributed by atoms with Gasteiger partial charge in [0, 0.05) is 31.1 Å². The van der Waals surface area contributed by atoms with Crippen LogP contribution in [0.4, 0.5) is 17.5 Å². The maximum atomic E-state index is 12.6. The first-order valence-electron chi connectivity index (χ1n) is 11.1. The number of nitrogen functional groups attached to an aromatic ring is 1. The van der Waals surface area contributed by atoms with Crippen LogP contribution in [-0.4, -0.2) is 55.6 Å². The number of aromatic nitrogens is 3. The summed E-state index contributed by atoms with van der Waals surface area (Å²) in [6.07, 6.45) is 4.51. The predicted molar refractivity (Wildman–Crippen MR) is 128 cm³/mol. The molecule has 0 radical (unpaired) electrons. The molecule has 1 aromatic carbocycles. The largest absolute Gasteiger partial charge is 0.611 e. The molecule has 1 saturated carbocycles. The minimum Gasteiger partial charge on any atom is -0.611 e. The van der Waals surface area contributed by atoms with Crippen molar-refractivity contribution in [3.8, 4) is 0 Å². The molecular weight excluding hydrogens is 444 g/mol. The van der Waals surface area contributed by atoms with Crippen LogP contribution in [0.5, 0.6) is 0 Å². The Morgan fingerprint density at radius 2 is 2.06 bits per heavy atom. The van der Waals surface area contributed by atoms with E-state index in [1.54, 1.807) is 11.3 Å². The van der Waals surface area contributed by atoms with Crippen molar-refractivity contribution in [2.24, 2.45) is 0 Å². The third kappa shape index (κ3) is 3.59. The Morgan fingerprint density at radius 3 is 2.81 bits per heavy atom. The Labute approximate surface area is 193 Å². The predicted octanol–water partition coefficient (Wildman–Crippen LogP) is 2.65. The molecule has 1 saturated heterocycles. The van der Waals surface area contributed by atoms with Gasteiger partial charge in [0.05, 0.1) is 27.4 Å². The molecule has 1 unspecified atom stereocenters. The van der Waals surface area contributed by atoms with Crippen LogP contribution in [0.15, 0.2) is 23.1 Å². The molecule has 4 heterocycles. The van der Waals surface area contributed by atoms with Crippen LogP contribution in [0.2, 0.25) is 0 Å². The van der Waals surface area contributed by atoms with Gasteiger partial charge in [-0.1, -0.05) is 0 Å². The quantitative estimate of drug-likeness (QED) is 0.384. The van der Waals surface area contributed by atoms with E-state index in [0.717, 1.165) is 60.6 Å². The van der Waals surface area contributed by atoms with E-state index in [1.165, 1.54) is 9.71 Å². The molecule has 4 N–H and O–H groups in total. The van der Waals surface area contributed by atoms with Crippen LogP contribution in [0.3, 0.4) is 0 Å². The van der Waals surface area contributed by atoms with Gasteiger partial charge in [-0.2, -0.15) is 4.98 Å². The van der Waals surface area contributed by atoms with E-state index >= 15 is 0 Å². The SMILES string of the molecule is Nc1ccc2sc(C3CCN(c4nc5c(c(NC6(CO)CC6)n4)[S+]([O-])CC5)CC3)nc2c1. The molecule has 1 aliphatic carbocycles. The van der Waals surface area contributed by atoms with Crippen molar-refractivity contribution in [3.05, 3.63) is 28.9 Å². The Morgan fingerprint density at radius 1 is 1.25 bits per heavy atom. The van der Waals surface area contributed by atoms with Crippen molar-refractivity contribution in [2.75, 3.05) is 41.4 Å². The third-order valence-electron chi connectivity index (χ3n) is 6.77. The summed E-state index contributed by atoms with van der Waals surface area (Å²) in [5, 5.41) is 14.3. The molecule has 6 rings (SSSR count). The molecule has 1 atom stereocenters. The molecule has 8 nitrogen and oxygen atoms in total. The summed E-state index contributed by atoms with van der Waals surface area (Å²) in [6, 6.07) is 5.93. The molecule has 3 aromatic rings. The lowest BCUT2D eigenvalue weighted by Crippen LogP contribution is -2.35. The number of piperidine rings is 1. The van der Waals surface area contributed by atoms with E-state index in [2.05, 4.69) is 16.3 Å². The van der Waals surface area contributed by atoms with Crippen molar-refractivity contribution < 1.29 is 9.66 Å². The zero-order valence-electron chi connectivity index (χ0n) is 17.7. The van der Waals surface area contributed by atoms with Gasteiger partial charge >= 0.3 is 0 Å². The number of aliphatic hydroxyl groups is 1. The summed E-state index contributed by atoms with van der Waals surface area (Å²) < 4.78 is 13.7. The second-order valence-electron chi connectivity index (χ2n) is 9.05. The maximum Gasteiger partial charge on any atom is 0.227 e. The fourth-order valence-electron chi connectivity index (χ4n) is 4.60. The normalized spacial score (nSPS) is 22.3. The lowest BCUT2D eigenvalue weighted by atomic mass is 9.98. The molecule has 2 aliphatic heterocycles. The van der Waals surface area contributed by atoms with Crippen molar-refractivity contribution in [1.29, 1.82) is 0 Å². The van der Waals surface area contributed by atoms with E-state index < -0.39 is 11.2 Å². The summed E-state index contributed by atoms with van der Waals surface area (Å²) in [5.74, 6) is 2.37. The van der Waals surface area contributed by atoms with Crippen LogP contribution in [-0.2, 0) is 17.6 Å². The number of nitrogens with two attached hydrogens (primary N) is 1. The maximum absolute atomic E-state index is 12.6. The molecule has 3 aliphatic rings. The smallest absolute Gasteiger partial charge is 0.227 e. The molecule has 168 valence electrons. The lowest BCUT2D eigenvalue weighted by molar-refractivity contribution is 0.265. The highest BCUT2D eigenvalue weighted by atomic mass is 32.2. The van der Waals surface area contributed by atoms with Crippen LogP contribution < -0.4 is 16.0 Å². The summed E-state index contributed by atoms with van der Waals surface area (Å²) in [4.78, 5) is 17.4. The zero-order chi connectivity index (χ0) is 21.9. The topological polar surface area (TPSA) is 123 Å². The average molecular weight is 471 g/mol. The van der Waals surface area contributed by atoms with Crippen molar-refractivity contribution in [3.63, 3.8) is 0 Å². The molecule has 0 amide bonds. The molecule has 2 aromatic heterocycles. The van der Waals surface area contributed by atoms with Crippen molar-refractivity contribution in [1.82, 2.24) is 15.0 Å². The van der Waals surface area contributed by atoms with Crippen LogP contribution in [0, 0.1) is 0 Å².